The van der Waals surface area contributed by atoms with Crippen LogP contribution in [0.25, 0.3) is 0 Å². The Kier molecular flexibility index (Phi) is 5.66. The van der Waals surface area contributed by atoms with E-state index in [1.54, 1.807) is 0 Å². The lowest BCUT2D eigenvalue weighted by atomic mass is 9.80. The Hall–Kier alpha value is -1.51. The van der Waals surface area contributed by atoms with Crippen LogP contribution in [0.1, 0.15) is 55.5 Å². The number of rotatable bonds is 5. The van der Waals surface area contributed by atoms with Crippen molar-refractivity contribution in [3.8, 4) is 0 Å². The van der Waals surface area contributed by atoms with Gasteiger partial charge in [0, 0.05) is 18.8 Å². The first-order valence-corrected chi connectivity index (χ1v) is 8.24. The fourth-order valence-corrected chi connectivity index (χ4v) is 3.21. The topological polar surface area (TPSA) is 41.1 Å². The minimum atomic E-state index is 0.0451. The van der Waals surface area contributed by atoms with E-state index in [-0.39, 0.29) is 5.91 Å². The van der Waals surface area contributed by atoms with Crippen LogP contribution < -0.4 is 10.6 Å². The van der Waals surface area contributed by atoms with Gasteiger partial charge in [0.25, 0.3) is 5.91 Å². The Morgan fingerprint density at radius 3 is 2.76 bits per heavy atom. The molecule has 0 saturated heterocycles. The second-order valence-electron chi connectivity index (χ2n) is 6.31. The molecular formula is C18H28N2O. The van der Waals surface area contributed by atoms with Crippen molar-refractivity contribution in [2.45, 2.75) is 46.5 Å². The number of benzene rings is 1. The molecule has 0 aromatic heterocycles. The maximum atomic E-state index is 12.4. The molecule has 3 heteroatoms. The molecule has 0 spiro atoms. The Labute approximate surface area is 128 Å². The van der Waals surface area contributed by atoms with Gasteiger partial charge in [-0.1, -0.05) is 32.3 Å². The minimum Gasteiger partial charge on any atom is -0.385 e. The van der Waals surface area contributed by atoms with E-state index in [0.717, 1.165) is 30.3 Å². The Balaban J connectivity index is 1.99. The molecule has 0 radical (unpaired) electrons. The van der Waals surface area contributed by atoms with E-state index in [9.17, 15) is 4.79 Å². The fraction of sp³-hybridized carbons (Fsp3) is 0.611. The van der Waals surface area contributed by atoms with Crippen molar-refractivity contribution in [1.29, 1.82) is 0 Å². The summed E-state index contributed by atoms with van der Waals surface area (Å²) in [5.74, 6) is 1.41. The largest absolute Gasteiger partial charge is 0.385 e. The summed E-state index contributed by atoms with van der Waals surface area (Å²) in [4.78, 5) is 12.4. The van der Waals surface area contributed by atoms with E-state index < -0.39 is 0 Å². The van der Waals surface area contributed by atoms with Gasteiger partial charge in [0.1, 0.15) is 0 Å². The molecule has 3 nitrogen and oxygen atoms in total. The first kappa shape index (κ1) is 15.9. The zero-order valence-electron chi connectivity index (χ0n) is 13.5. The van der Waals surface area contributed by atoms with Crippen molar-refractivity contribution >= 4 is 11.6 Å². The van der Waals surface area contributed by atoms with Crippen LogP contribution in [0.2, 0.25) is 0 Å². The molecule has 2 unspecified atom stereocenters. The van der Waals surface area contributed by atoms with Crippen molar-refractivity contribution < 1.29 is 4.79 Å². The van der Waals surface area contributed by atoms with Gasteiger partial charge in [-0.2, -0.15) is 0 Å². The molecule has 2 atom stereocenters. The second kappa shape index (κ2) is 7.48. The molecule has 0 heterocycles. The lowest BCUT2D eigenvalue weighted by Crippen LogP contribution is -2.33. The summed E-state index contributed by atoms with van der Waals surface area (Å²) in [5, 5.41) is 6.42. The van der Waals surface area contributed by atoms with Gasteiger partial charge in [0.05, 0.1) is 5.56 Å². The van der Waals surface area contributed by atoms with E-state index in [0.29, 0.717) is 5.92 Å². The Morgan fingerprint density at radius 2 is 2.05 bits per heavy atom. The Morgan fingerprint density at radius 1 is 1.29 bits per heavy atom. The van der Waals surface area contributed by atoms with Gasteiger partial charge in [0.15, 0.2) is 0 Å². The number of carbonyl (C=O) groups is 1. The van der Waals surface area contributed by atoms with E-state index in [4.69, 9.17) is 0 Å². The highest BCUT2D eigenvalue weighted by Gasteiger charge is 2.22. The number of carbonyl (C=O) groups excluding carboxylic acids is 1. The van der Waals surface area contributed by atoms with Gasteiger partial charge in [-0.15, -0.1) is 0 Å². The van der Waals surface area contributed by atoms with Crippen LogP contribution in [0.15, 0.2) is 18.2 Å². The summed E-state index contributed by atoms with van der Waals surface area (Å²) in [6.07, 6.45) is 5.19. The molecule has 1 aliphatic rings. The third-order valence-corrected chi connectivity index (χ3v) is 4.60. The molecule has 1 aliphatic carbocycles. The highest BCUT2D eigenvalue weighted by atomic mass is 16.1. The molecule has 1 aromatic rings. The summed E-state index contributed by atoms with van der Waals surface area (Å²) < 4.78 is 0. The maximum Gasteiger partial charge on any atom is 0.253 e. The van der Waals surface area contributed by atoms with Gasteiger partial charge < -0.3 is 10.6 Å². The number of nitrogens with one attached hydrogen (secondary N) is 2. The third-order valence-electron chi connectivity index (χ3n) is 4.60. The summed E-state index contributed by atoms with van der Waals surface area (Å²) in [5.41, 5.74) is 2.86. The van der Waals surface area contributed by atoms with E-state index >= 15 is 0 Å². The average molecular weight is 288 g/mol. The van der Waals surface area contributed by atoms with Gasteiger partial charge >= 0.3 is 0 Å². The smallest absolute Gasteiger partial charge is 0.253 e. The fourth-order valence-electron chi connectivity index (χ4n) is 3.21. The Bertz CT molecular complexity index is 484. The standard InChI is InChI=1S/C18H28N2O/c1-4-19-17-11-13(2)9-10-16(17)18(21)20-12-15-8-6-5-7-14(15)3/h9-11,14-15,19H,4-8,12H2,1-3H3,(H,20,21). The summed E-state index contributed by atoms with van der Waals surface area (Å²) >= 11 is 0. The first-order valence-electron chi connectivity index (χ1n) is 8.24. The van der Waals surface area contributed by atoms with E-state index in [1.165, 1.54) is 31.2 Å². The predicted octanol–water partition coefficient (Wildman–Crippen LogP) is 3.98. The van der Waals surface area contributed by atoms with Crippen molar-refractivity contribution in [3.63, 3.8) is 0 Å². The quantitative estimate of drug-likeness (QED) is 0.860. The normalized spacial score (nSPS) is 21.9. The zero-order valence-corrected chi connectivity index (χ0v) is 13.5. The molecule has 1 saturated carbocycles. The van der Waals surface area contributed by atoms with Crippen molar-refractivity contribution in [3.05, 3.63) is 29.3 Å². The van der Waals surface area contributed by atoms with Crippen LogP contribution in [0.4, 0.5) is 5.69 Å². The zero-order chi connectivity index (χ0) is 15.2. The van der Waals surface area contributed by atoms with Gasteiger partial charge in [-0.25, -0.2) is 0 Å². The van der Waals surface area contributed by atoms with Crippen molar-refractivity contribution in [1.82, 2.24) is 5.32 Å². The number of anilines is 1. The van der Waals surface area contributed by atoms with Crippen LogP contribution in [0.3, 0.4) is 0 Å². The lowest BCUT2D eigenvalue weighted by Gasteiger charge is -2.28. The number of amides is 1. The molecule has 0 bridgehead atoms. The van der Waals surface area contributed by atoms with Crippen LogP contribution in [-0.2, 0) is 0 Å². The summed E-state index contributed by atoms with van der Waals surface area (Å²) in [7, 11) is 0. The van der Waals surface area contributed by atoms with Crippen molar-refractivity contribution in [2.24, 2.45) is 11.8 Å². The first-order chi connectivity index (χ1) is 10.1. The molecule has 1 fully saturated rings. The predicted molar refractivity (Wildman–Crippen MR) is 88.8 cm³/mol. The van der Waals surface area contributed by atoms with Crippen LogP contribution in [0, 0.1) is 18.8 Å². The van der Waals surface area contributed by atoms with Crippen molar-refractivity contribution in [2.75, 3.05) is 18.4 Å². The minimum absolute atomic E-state index is 0.0451. The molecule has 1 amide bonds. The van der Waals surface area contributed by atoms with Crippen LogP contribution >= 0.6 is 0 Å². The van der Waals surface area contributed by atoms with Crippen LogP contribution in [-0.4, -0.2) is 19.0 Å². The maximum absolute atomic E-state index is 12.4. The molecule has 2 rings (SSSR count). The van der Waals surface area contributed by atoms with E-state index in [2.05, 4.69) is 17.6 Å². The molecule has 0 aliphatic heterocycles. The molecule has 116 valence electrons. The summed E-state index contributed by atoms with van der Waals surface area (Å²) in [6.45, 7) is 8.04. The monoisotopic (exact) mass is 288 g/mol. The SMILES string of the molecule is CCNc1cc(C)ccc1C(=O)NCC1CCCCC1C. The number of hydrogen-bond donors (Lipinski definition) is 2. The highest BCUT2D eigenvalue weighted by molar-refractivity contribution is 5.99. The highest BCUT2D eigenvalue weighted by Crippen LogP contribution is 2.29. The molecule has 2 N–H and O–H groups in total. The average Bonchev–Trinajstić information content (AvgIpc) is 2.46. The molecule has 21 heavy (non-hydrogen) atoms. The third kappa shape index (κ3) is 4.23. The van der Waals surface area contributed by atoms with Gasteiger partial charge in [-0.05, 0) is 49.8 Å². The van der Waals surface area contributed by atoms with Gasteiger partial charge in [-0.3, -0.25) is 4.79 Å². The number of aryl methyl sites for hydroxylation is 1. The number of hydrogen-bond acceptors (Lipinski definition) is 2. The van der Waals surface area contributed by atoms with E-state index in [1.807, 2.05) is 32.0 Å². The lowest BCUT2D eigenvalue weighted by molar-refractivity contribution is 0.0937. The van der Waals surface area contributed by atoms with Gasteiger partial charge in [0.2, 0.25) is 0 Å². The molecule has 1 aromatic carbocycles. The molecular weight excluding hydrogens is 260 g/mol. The van der Waals surface area contributed by atoms with Crippen LogP contribution in [0.5, 0.6) is 0 Å². The second-order valence-corrected chi connectivity index (χ2v) is 6.31. The summed E-state index contributed by atoms with van der Waals surface area (Å²) in [6, 6.07) is 5.97.